The molecule has 0 radical (unpaired) electrons. The van der Waals surface area contributed by atoms with Crippen LogP contribution in [-0.4, -0.2) is 24.5 Å². The highest BCUT2D eigenvalue weighted by Gasteiger charge is 2.17. The summed E-state index contributed by atoms with van der Waals surface area (Å²) in [6.45, 7) is 4.26. The largest absolute Gasteiger partial charge is 0.303 e. The van der Waals surface area contributed by atoms with Crippen LogP contribution >= 0.6 is 0 Å². The summed E-state index contributed by atoms with van der Waals surface area (Å²) >= 11 is 0. The van der Waals surface area contributed by atoms with Gasteiger partial charge in [-0.3, -0.25) is 0 Å². The highest BCUT2D eigenvalue weighted by Crippen LogP contribution is 2.12. The molecule has 52 valence electrons. The molecule has 0 aromatic rings. The first kappa shape index (κ1) is 8.52. The zero-order chi connectivity index (χ0) is 7.49. The molecular weight excluding hydrogens is 110 g/mol. The summed E-state index contributed by atoms with van der Waals surface area (Å²) in [5.41, 5.74) is 0.148. The Morgan fingerprint density at radius 2 is 1.89 bits per heavy atom. The molecular formula is C8H15N. The third-order valence-electron chi connectivity index (χ3n) is 1.75. The lowest BCUT2D eigenvalue weighted by Gasteiger charge is -2.30. The number of hydrogen-bond donors (Lipinski definition) is 0. The summed E-state index contributed by atoms with van der Waals surface area (Å²) in [5.74, 6) is 2.65. The van der Waals surface area contributed by atoms with Gasteiger partial charge in [-0.05, 0) is 27.9 Å². The van der Waals surface area contributed by atoms with Gasteiger partial charge in [0, 0.05) is 12.0 Å². The zero-order valence-electron chi connectivity index (χ0n) is 6.73. The molecule has 0 saturated heterocycles. The van der Waals surface area contributed by atoms with E-state index in [-0.39, 0.29) is 5.54 Å². The fourth-order valence-corrected chi connectivity index (χ4v) is 0.408. The summed E-state index contributed by atoms with van der Waals surface area (Å²) in [7, 11) is 4.08. The minimum atomic E-state index is 0.148. The van der Waals surface area contributed by atoms with Crippen LogP contribution in [0.4, 0.5) is 0 Å². The number of terminal acetylenes is 1. The van der Waals surface area contributed by atoms with E-state index in [2.05, 4.69) is 24.7 Å². The fraction of sp³-hybridized carbons (Fsp3) is 0.750. The van der Waals surface area contributed by atoms with Gasteiger partial charge < -0.3 is 4.90 Å². The Labute approximate surface area is 58.1 Å². The van der Waals surface area contributed by atoms with E-state index in [9.17, 15) is 0 Å². The zero-order valence-corrected chi connectivity index (χ0v) is 6.73. The SMILES string of the molecule is C#CCC(C)(C)N(C)C. The average molecular weight is 125 g/mol. The van der Waals surface area contributed by atoms with E-state index in [1.165, 1.54) is 0 Å². The van der Waals surface area contributed by atoms with Crippen molar-refractivity contribution in [2.75, 3.05) is 14.1 Å². The second-order valence-electron chi connectivity index (χ2n) is 3.09. The van der Waals surface area contributed by atoms with Gasteiger partial charge in [0.25, 0.3) is 0 Å². The first-order valence-corrected chi connectivity index (χ1v) is 3.11. The summed E-state index contributed by atoms with van der Waals surface area (Å²) in [6.07, 6.45) is 5.98. The standard InChI is InChI=1S/C8H15N/c1-6-7-8(2,3)9(4)5/h1H,7H2,2-5H3. The van der Waals surface area contributed by atoms with Crippen LogP contribution in [0.25, 0.3) is 0 Å². The smallest absolute Gasteiger partial charge is 0.0266 e. The van der Waals surface area contributed by atoms with Crippen molar-refractivity contribution in [2.45, 2.75) is 25.8 Å². The Kier molecular flexibility index (Phi) is 2.73. The second-order valence-corrected chi connectivity index (χ2v) is 3.09. The molecule has 0 aromatic carbocycles. The molecule has 0 spiro atoms. The highest BCUT2D eigenvalue weighted by molar-refractivity contribution is 4.94. The molecule has 0 amide bonds. The number of nitrogens with zero attached hydrogens (tertiary/aromatic N) is 1. The Morgan fingerprint density at radius 3 is 2.00 bits per heavy atom. The lowest BCUT2D eigenvalue weighted by molar-refractivity contribution is 0.201. The van der Waals surface area contributed by atoms with Gasteiger partial charge in [-0.1, -0.05) is 0 Å². The van der Waals surface area contributed by atoms with Gasteiger partial charge in [-0.15, -0.1) is 12.3 Å². The Balaban J connectivity index is 3.89. The van der Waals surface area contributed by atoms with Crippen molar-refractivity contribution in [3.8, 4) is 12.3 Å². The predicted octanol–water partition coefficient (Wildman–Crippen LogP) is 1.35. The lowest BCUT2D eigenvalue weighted by Crippen LogP contribution is -2.37. The van der Waals surface area contributed by atoms with Crippen LogP contribution < -0.4 is 0 Å². The van der Waals surface area contributed by atoms with E-state index < -0.39 is 0 Å². The van der Waals surface area contributed by atoms with Crippen molar-refractivity contribution < 1.29 is 0 Å². The molecule has 0 rings (SSSR count). The predicted molar refractivity (Wildman–Crippen MR) is 41.2 cm³/mol. The van der Waals surface area contributed by atoms with Crippen molar-refractivity contribution >= 4 is 0 Å². The summed E-state index contributed by atoms with van der Waals surface area (Å²) < 4.78 is 0. The molecule has 0 fully saturated rings. The van der Waals surface area contributed by atoms with E-state index in [1.54, 1.807) is 0 Å². The molecule has 0 heterocycles. The third kappa shape index (κ3) is 2.53. The van der Waals surface area contributed by atoms with Crippen molar-refractivity contribution in [3.05, 3.63) is 0 Å². The lowest BCUT2D eigenvalue weighted by atomic mass is 10.0. The number of rotatable bonds is 2. The van der Waals surface area contributed by atoms with Crippen molar-refractivity contribution in [2.24, 2.45) is 0 Å². The van der Waals surface area contributed by atoms with Gasteiger partial charge in [0.05, 0.1) is 0 Å². The van der Waals surface area contributed by atoms with Gasteiger partial charge in [0.2, 0.25) is 0 Å². The minimum Gasteiger partial charge on any atom is -0.303 e. The molecule has 9 heavy (non-hydrogen) atoms. The van der Waals surface area contributed by atoms with Gasteiger partial charge in [-0.2, -0.15) is 0 Å². The molecule has 1 heteroatoms. The van der Waals surface area contributed by atoms with Gasteiger partial charge in [-0.25, -0.2) is 0 Å². The van der Waals surface area contributed by atoms with Crippen LogP contribution in [-0.2, 0) is 0 Å². The Morgan fingerprint density at radius 1 is 1.44 bits per heavy atom. The Bertz CT molecular complexity index is 117. The normalized spacial score (nSPS) is 11.6. The molecule has 0 atom stereocenters. The minimum absolute atomic E-state index is 0.148. The van der Waals surface area contributed by atoms with Gasteiger partial charge in [0.15, 0.2) is 0 Å². The van der Waals surface area contributed by atoms with Gasteiger partial charge >= 0.3 is 0 Å². The average Bonchev–Trinajstić information content (AvgIpc) is 1.65. The van der Waals surface area contributed by atoms with Crippen LogP contribution in [0.2, 0.25) is 0 Å². The molecule has 0 aliphatic heterocycles. The van der Waals surface area contributed by atoms with Crippen LogP contribution in [0.5, 0.6) is 0 Å². The molecule has 0 bridgehead atoms. The monoisotopic (exact) mass is 125 g/mol. The van der Waals surface area contributed by atoms with Crippen molar-refractivity contribution in [1.82, 2.24) is 4.90 Å². The van der Waals surface area contributed by atoms with E-state index in [0.29, 0.717) is 0 Å². The fourth-order valence-electron chi connectivity index (χ4n) is 0.408. The summed E-state index contributed by atoms with van der Waals surface area (Å²) in [4.78, 5) is 2.13. The maximum atomic E-state index is 5.18. The van der Waals surface area contributed by atoms with Crippen LogP contribution in [0.15, 0.2) is 0 Å². The van der Waals surface area contributed by atoms with Crippen molar-refractivity contribution in [3.63, 3.8) is 0 Å². The molecule has 0 N–H and O–H groups in total. The second kappa shape index (κ2) is 2.89. The molecule has 0 unspecified atom stereocenters. The first-order chi connectivity index (χ1) is 4.00. The maximum absolute atomic E-state index is 5.18. The molecule has 0 aromatic heterocycles. The van der Waals surface area contributed by atoms with Crippen LogP contribution in [0.1, 0.15) is 20.3 Å². The third-order valence-corrected chi connectivity index (χ3v) is 1.75. The molecule has 0 aliphatic carbocycles. The number of hydrogen-bond acceptors (Lipinski definition) is 1. The van der Waals surface area contributed by atoms with Crippen LogP contribution in [0.3, 0.4) is 0 Å². The quantitative estimate of drug-likeness (QED) is 0.503. The highest BCUT2D eigenvalue weighted by atomic mass is 15.1. The van der Waals surface area contributed by atoms with Crippen molar-refractivity contribution in [1.29, 1.82) is 0 Å². The molecule has 0 saturated carbocycles. The van der Waals surface area contributed by atoms with Gasteiger partial charge in [0.1, 0.15) is 0 Å². The maximum Gasteiger partial charge on any atom is 0.0266 e. The summed E-state index contributed by atoms with van der Waals surface area (Å²) in [6, 6.07) is 0. The van der Waals surface area contributed by atoms with E-state index >= 15 is 0 Å². The molecule has 1 nitrogen and oxygen atoms in total. The van der Waals surface area contributed by atoms with E-state index in [4.69, 9.17) is 6.42 Å². The van der Waals surface area contributed by atoms with E-state index in [1.807, 2.05) is 14.1 Å². The van der Waals surface area contributed by atoms with E-state index in [0.717, 1.165) is 6.42 Å². The Hall–Kier alpha value is -0.480. The first-order valence-electron chi connectivity index (χ1n) is 3.11. The van der Waals surface area contributed by atoms with Crippen LogP contribution in [0, 0.1) is 12.3 Å². The topological polar surface area (TPSA) is 3.24 Å². The summed E-state index contributed by atoms with van der Waals surface area (Å²) in [5, 5.41) is 0. The molecule has 0 aliphatic rings.